The molecule has 0 saturated heterocycles. The molecular formula is C26H24N2O7S. The van der Waals surface area contributed by atoms with Gasteiger partial charge >= 0.3 is 11.9 Å². The Labute approximate surface area is 210 Å². The summed E-state index contributed by atoms with van der Waals surface area (Å²) in [4.78, 5) is 42.7. The van der Waals surface area contributed by atoms with Crippen LogP contribution in [-0.2, 0) is 14.3 Å². The molecule has 10 heteroatoms. The molecule has 0 amide bonds. The first-order valence-corrected chi connectivity index (χ1v) is 11.7. The van der Waals surface area contributed by atoms with E-state index in [0.717, 1.165) is 5.56 Å². The van der Waals surface area contributed by atoms with Gasteiger partial charge in [-0.15, -0.1) is 0 Å². The van der Waals surface area contributed by atoms with Gasteiger partial charge in [-0.2, -0.15) is 0 Å². The average Bonchev–Trinajstić information content (AvgIpc) is 3.17. The van der Waals surface area contributed by atoms with Crippen LogP contribution in [0.1, 0.15) is 31.0 Å². The smallest absolute Gasteiger partial charge is 0.338 e. The fourth-order valence-electron chi connectivity index (χ4n) is 3.99. The number of nitrogens with zero attached hydrogens (tertiary/aromatic N) is 2. The van der Waals surface area contributed by atoms with E-state index in [1.807, 2.05) is 6.07 Å². The monoisotopic (exact) mass is 508 g/mol. The number of carbonyl (C=O) groups is 2. The van der Waals surface area contributed by atoms with E-state index in [2.05, 4.69) is 4.99 Å². The summed E-state index contributed by atoms with van der Waals surface area (Å²) < 4.78 is 22.7. The predicted molar refractivity (Wildman–Crippen MR) is 133 cm³/mol. The van der Waals surface area contributed by atoms with Crippen LogP contribution in [0.25, 0.3) is 6.08 Å². The standard InChI is InChI=1S/C26H24N2O7S/c1-14-22(25(31)34-5)23(17-7-9-18(10-8-17)35-15(2)29)28-24(30)21(36-26(28)27-14)13-16-6-11-19(32-3)20(12-16)33-4/h6-13,23H,1-5H3/b21-13+/t23-/m0/s1. The highest BCUT2D eigenvalue weighted by Gasteiger charge is 2.33. The lowest BCUT2D eigenvalue weighted by atomic mass is 9.96. The summed E-state index contributed by atoms with van der Waals surface area (Å²) in [5.74, 6) is 0.434. The molecule has 0 fully saturated rings. The second-order valence-corrected chi connectivity index (χ2v) is 8.86. The second-order valence-electron chi connectivity index (χ2n) is 7.85. The molecule has 0 saturated carbocycles. The molecule has 4 rings (SSSR count). The van der Waals surface area contributed by atoms with Crippen LogP contribution in [0.4, 0.5) is 0 Å². The van der Waals surface area contributed by atoms with Crippen molar-refractivity contribution in [3.05, 3.63) is 84.5 Å². The van der Waals surface area contributed by atoms with Crippen LogP contribution in [0.2, 0.25) is 0 Å². The first kappa shape index (κ1) is 24.9. The molecule has 1 aromatic heterocycles. The molecule has 36 heavy (non-hydrogen) atoms. The van der Waals surface area contributed by atoms with E-state index in [-0.39, 0.29) is 11.1 Å². The van der Waals surface area contributed by atoms with Gasteiger partial charge in [0.15, 0.2) is 16.3 Å². The summed E-state index contributed by atoms with van der Waals surface area (Å²) in [6.45, 7) is 3.02. The molecule has 0 radical (unpaired) electrons. The Kier molecular flexibility index (Phi) is 7.07. The molecule has 0 aliphatic carbocycles. The third-order valence-electron chi connectivity index (χ3n) is 5.59. The van der Waals surface area contributed by atoms with Crippen LogP contribution >= 0.6 is 11.3 Å². The van der Waals surface area contributed by atoms with Gasteiger partial charge in [0.25, 0.3) is 5.56 Å². The molecule has 186 valence electrons. The Morgan fingerprint density at radius 3 is 2.33 bits per heavy atom. The summed E-state index contributed by atoms with van der Waals surface area (Å²) in [5, 5.41) is 0. The van der Waals surface area contributed by atoms with Crippen molar-refractivity contribution in [3.63, 3.8) is 0 Å². The second kappa shape index (κ2) is 10.2. The largest absolute Gasteiger partial charge is 0.493 e. The Hall–Kier alpha value is -4.18. The number of carbonyl (C=O) groups excluding carboxylic acids is 2. The van der Waals surface area contributed by atoms with Gasteiger partial charge in [-0.1, -0.05) is 29.5 Å². The molecule has 2 aromatic carbocycles. The molecule has 1 aliphatic rings. The van der Waals surface area contributed by atoms with Gasteiger partial charge in [0.2, 0.25) is 0 Å². The van der Waals surface area contributed by atoms with Crippen LogP contribution in [-0.4, -0.2) is 37.8 Å². The van der Waals surface area contributed by atoms with Crippen molar-refractivity contribution < 1.29 is 28.5 Å². The van der Waals surface area contributed by atoms with E-state index < -0.39 is 18.0 Å². The number of hydrogen-bond acceptors (Lipinski definition) is 9. The molecule has 0 unspecified atom stereocenters. The number of rotatable bonds is 6. The maximum absolute atomic E-state index is 13.6. The molecule has 0 bridgehead atoms. The lowest BCUT2D eigenvalue weighted by Gasteiger charge is -2.24. The van der Waals surface area contributed by atoms with Crippen molar-refractivity contribution in [1.29, 1.82) is 0 Å². The van der Waals surface area contributed by atoms with Gasteiger partial charge in [-0.25, -0.2) is 9.79 Å². The van der Waals surface area contributed by atoms with Gasteiger partial charge < -0.3 is 18.9 Å². The Morgan fingerprint density at radius 2 is 1.72 bits per heavy atom. The first-order valence-electron chi connectivity index (χ1n) is 10.9. The molecule has 1 atom stereocenters. The zero-order chi connectivity index (χ0) is 26.0. The molecule has 0 N–H and O–H groups in total. The number of allylic oxidation sites excluding steroid dienone is 1. The van der Waals surface area contributed by atoms with E-state index in [1.165, 1.54) is 29.9 Å². The first-order chi connectivity index (χ1) is 17.3. The third kappa shape index (κ3) is 4.67. The zero-order valence-corrected chi connectivity index (χ0v) is 21.2. The highest BCUT2D eigenvalue weighted by molar-refractivity contribution is 7.07. The quantitative estimate of drug-likeness (QED) is 0.372. The van der Waals surface area contributed by atoms with Gasteiger partial charge in [-0.05, 0) is 48.4 Å². The van der Waals surface area contributed by atoms with Crippen molar-refractivity contribution in [2.24, 2.45) is 4.99 Å². The van der Waals surface area contributed by atoms with E-state index >= 15 is 0 Å². The highest BCUT2D eigenvalue weighted by Crippen LogP contribution is 2.32. The SMILES string of the molecule is COC(=O)C1=C(C)N=c2s/c(=C/c3ccc(OC)c(OC)c3)c(=O)n2[C@H]1c1ccc(OC(C)=O)cc1. The fourth-order valence-corrected chi connectivity index (χ4v) is 5.03. The molecular weight excluding hydrogens is 484 g/mol. The van der Waals surface area contributed by atoms with Gasteiger partial charge in [0.1, 0.15) is 5.75 Å². The summed E-state index contributed by atoms with van der Waals surface area (Å²) in [6, 6.07) is 11.2. The topological polar surface area (TPSA) is 105 Å². The minimum atomic E-state index is -0.771. The summed E-state index contributed by atoms with van der Waals surface area (Å²) in [6.07, 6.45) is 1.74. The van der Waals surface area contributed by atoms with E-state index in [1.54, 1.807) is 63.6 Å². The van der Waals surface area contributed by atoms with Gasteiger partial charge in [-0.3, -0.25) is 14.2 Å². The number of hydrogen-bond donors (Lipinski definition) is 0. The zero-order valence-electron chi connectivity index (χ0n) is 20.4. The molecule has 2 heterocycles. The lowest BCUT2D eigenvalue weighted by Crippen LogP contribution is -2.39. The molecule has 0 spiro atoms. The predicted octanol–water partition coefficient (Wildman–Crippen LogP) is 2.35. The van der Waals surface area contributed by atoms with E-state index in [9.17, 15) is 14.4 Å². The van der Waals surface area contributed by atoms with E-state index in [4.69, 9.17) is 18.9 Å². The van der Waals surface area contributed by atoms with Crippen LogP contribution < -0.4 is 29.1 Å². The van der Waals surface area contributed by atoms with Crippen LogP contribution in [0.3, 0.4) is 0 Å². The average molecular weight is 509 g/mol. The third-order valence-corrected chi connectivity index (χ3v) is 6.57. The van der Waals surface area contributed by atoms with Crippen LogP contribution in [0, 0.1) is 0 Å². The Morgan fingerprint density at radius 1 is 1.03 bits per heavy atom. The van der Waals surface area contributed by atoms with Crippen molar-refractivity contribution >= 4 is 29.4 Å². The lowest BCUT2D eigenvalue weighted by molar-refractivity contribution is -0.136. The van der Waals surface area contributed by atoms with E-state index in [0.29, 0.717) is 37.8 Å². The van der Waals surface area contributed by atoms with Crippen molar-refractivity contribution in [2.45, 2.75) is 19.9 Å². The maximum Gasteiger partial charge on any atom is 0.338 e. The summed E-state index contributed by atoms with van der Waals surface area (Å²) >= 11 is 1.22. The minimum Gasteiger partial charge on any atom is -0.493 e. The minimum absolute atomic E-state index is 0.253. The molecule has 1 aliphatic heterocycles. The normalized spacial score (nSPS) is 15.1. The molecule has 3 aromatic rings. The number of fused-ring (bicyclic) bond motifs is 1. The Balaban J connectivity index is 1.89. The van der Waals surface area contributed by atoms with Gasteiger partial charge in [0.05, 0.1) is 43.2 Å². The van der Waals surface area contributed by atoms with Crippen molar-refractivity contribution in [1.82, 2.24) is 4.57 Å². The van der Waals surface area contributed by atoms with Crippen LogP contribution in [0.15, 0.2) is 63.5 Å². The fraction of sp³-hybridized carbons (Fsp3) is 0.231. The number of methoxy groups -OCH3 is 3. The van der Waals surface area contributed by atoms with Crippen LogP contribution in [0.5, 0.6) is 17.2 Å². The number of esters is 2. The number of ether oxygens (including phenoxy) is 4. The summed E-state index contributed by atoms with van der Waals surface area (Å²) in [7, 11) is 4.38. The number of benzene rings is 2. The number of aromatic nitrogens is 1. The Bertz CT molecular complexity index is 1550. The van der Waals surface area contributed by atoms with Crippen molar-refractivity contribution in [2.75, 3.05) is 21.3 Å². The highest BCUT2D eigenvalue weighted by atomic mass is 32.1. The number of thiazole rings is 1. The van der Waals surface area contributed by atoms with Gasteiger partial charge in [0, 0.05) is 6.92 Å². The van der Waals surface area contributed by atoms with Crippen molar-refractivity contribution in [3.8, 4) is 17.2 Å². The maximum atomic E-state index is 13.6. The summed E-state index contributed by atoms with van der Waals surface area (Å²) in [5.41, 5.74) is 1.78. The molecule has 9 nitrogen and oxygen atoms in total.